The topological polar surface area (TPSA) is 34.1 Å². The largest absolute Gasteiger partial charge is 0.299 e. The molecule has 0 radical (unpaired) electrons. The molecule has 5 aliphatic rings. The molecule has 0 aromatic carbocycles. The van der Waals surface area contributed by atoms with Gasteiger partial charge in [0.25, 0.3) is 0 Å². The van der Waals surface area contributed by atoms with Gasteiger partial charge in [0, 0.05) is 24.2 Å². The second-order valence-electron chi connectivity index (χ2n) is 14.4. The number of allylic oxidation sites excluding steroid dienone is 2. The van der Waals surface area contributed by atoms with E-state index in [-0.39, 0.29) is 33.0 Å². The number of hydrogen-bond acceptors (Lipinski definition) is 2. The summed E-state index contributed by atoms with van der Waals surface area (Å²) >= 11 is 0. The highest BCUT2D eigenvalue weighted by Gasteiger charge is 2.70. The number of Topliss-reactive ketones (excluding diaryl/α,β-unsaturated/α-hetero) is 2. The highest BCUT2D eigenvalue weighted by Crippen LogP contribution is 2.75. The van der Waals surface area contributed by atoms with Crippen molar-refractivity contribution >= 4 is 11.6 Å². The first kappa shape index (κ1) is 22.9. The third kappa shape index (κ3) is 2.48. The molecule has 0 heterocycles. The van der Waals surface area contributed by atoms with E-state index in [1.807, 2.05) is 0 Å². The molecule has 32 heavy (non-hydrogen) atoms. The van der Waals surface area contributed by atoms with Crippen LogP contribution in [0, 0.1) is 56.7 Å². The van der Waals surface area contributed by atoms with Crippen LogP contribution in [-0.2, 0) is 9.59 Å². The van der Waals surface area contributed by atoms with Gasteiger partial charge in [-0.2, -0.15) is 0 Å². The number of hydrogen-bond donors (Lipinski definition) is 0. The standard InChI is InChI=1S/C30H46O2/c1-18(2)21-17-22(31)25-28(21,6)15-16-29(7)20-9-10-23-26(3,4)24(32)12-13-27(23,5)19(20)11-14-30(25,29)8/h11,18,20-21,23,25H,9-10,12-17H2,1-8H3/t20-,21+,23-,25+,27+,28+,29+,30-/m0/s1. The normalized spacial score (nSPS) is 52.1. The first-order valence-electron chi connectivity index (χ1n) is 13.5. The molecule has 0 aliphatic heterocycles. The predicted octanol–water partition coefficient (Wildman–Crippen LogP) is 7.41. The second kappa shape index (κ2) is 6.60. The second-order valence-corrected chi connectivity index (χ2v) is 14.4. The fourth-order valence-electron chi connectivity index (χ4n) is 10.8. The molecular weight excluding hydrogens is 392 g/mol. The third-order valence-corrected chi connectivity index (χ3v) is 12.7. The van der Waals surface area contributed by atoms with Gasteiger partial charge in [-0.15, -0.1) is 0 Å². The lowest BCUT2D eigenvalue weighted by Crippen LogP contribution is -2.62. The summed E-state index contributed by atoms with van der Waals surface area (Å²) in [6, 6.07) is 0. The van der Waals surface area contributed by atoms with E-state index < -0.39 is 0 Å². The van der Waals surface area contributed by atoms with Gasteiger partial charge in [0.05, 0.1) is 0 Å². The third-order valence-electron chi connectivity index (χ3n) is 12.7. The van der Waals surface area contributed by atoms with Gasteiger partial charge in [0.15, 0.2) is 0 Å². The van der Waals surface area contributed by atoms with E-state index in [0.717, 1.165) is 32.1 Å². The van der Waals surface area contributed by atoms with Gasteiger partial charge in [-0.05, 0) is 83.9 Å². The van der Waals surface area contributed by atoms with Gasteiger partial charge in [-0.3, -0.25) is 9.59 Å². The van der Waals surface area contributed by atoms with E-state index in [1.54, 1.807) is 5.57 Å². The van der Waals surface area contributed by atoms with Crippen LogP contribution in [0.3, 0.4) is 0 Å². The fraction of sp³-hybridized carbons (Fsp3) is 0.867. The van der Waals surface area contributed by atoms with Crippen molar-refractivity contribution in [2.75, 3.05) is 0 Å². The number of carbonyl (C=O) groups excluding carboxylic acids is 2. The minimum absolute atomic E-state index is 0.0537. The van der Waals surface area contributed by atoms with E-state index in [1.165, 1.54) is 19.3 Å². The van der Waals surface area contributed by atoms with Crippen LogP contribution < -0.4 is 0 Å². The molecule has 178 valence electrons. The molecule has 5 aliphatic carbocycles. The Kier molecular flexibility index (Phi) is 4.71. The van der Waals surface area contributed by atoms with Gasteiger partial charge >= 0.3 is 0 Å². The van der Waals surface area contributed by atoms with Crippen molar-refractivity contribution in [3.05, 3.63) is 11.6 Å². The van der Waals surface area contributed by atoms with Crippen LogP contribution in [0.4, 0.5) is 0 Å². The first-order chi connectivity index (χ1) is 14.7. The predicted molar refractivity (Wildman–Crippen MR) is 130 cm³/mol. The van der Waals surface area contributed by atoms with Crippen molar-refractivity contribution in [3.8, 4) is 0 Å². The van der Waals surface area contributed by atoms with Crippen molar-refractivity contribution in [1.29, 1.82) is 0 Å². The molecule has 2 heteroatoms. The van der Waals surface area contributed by atoms with Gasteiger partial charge < -0.3 is 0 Å². The average Bonchev–Trinajstić information content (AvgIpc) is 2.98. The Labute approximate surface area is 196 Å². The minimum atomic E-state index is -0.211. The molecule has 0 N–H and O–H groups in total. The van der Waals surface area contributed by atoms with Gasteiger partial charge in [-0.1, -0.05) is 67.0 Å². The van der Waals surface area contributed by atoms with Crippen molar-refractivity contribution in [1.82, 2.24) is 0 Å². The van der Waals surface area contributed by atoms with Crippen LogP contribution in [0.15, 0.2) is 11.6 Å². The smallest absolute Gasteiger partial charge is 0.138 e. The maximum Gasteiger partial charge on any atom is 0.138 e. The molecule has 0 bridgehead atoms. The highest BCUT2D eigenvalue weighted by atomic mass is 16.1. The van der Waals surface area contributed by atoms with Crippen molar-refractivity contribution in [2.24, 2.45) is 56.7 Å². The van der Waals surface area contributed by atoms with Crippen molar-refractivity contribution in [3.63, 3.8) is 0 Å². The molecule has 5 rings (SSSR count). The number of carbonyl (C=O) groups is 2. The Bertz CT molecular complexity index is 895. The lowest BCUT2D eigenvalue weighted by atomic mass is 9.35. The van der Waals surface area contributed by atoms with E-state index >= 15 is 0 Å². The molecule has 0 unspecified atom stereocenters. The summed E-state index contributed by atoms with van der Waals surface area (Å²) < 4.78 is 0. The van der Waals surface area contributed by atoms with Crippen LogP contribution >= 0.6 is 0 Å². The van der Waals surface area contributed by atoms with E-state index in [2.05, 4.69) is 61.5 Å². The SMILES string of the molecule is CC(C)[C@H]1CC(=O)[C@@H]2[C@]1(C)CC[C@]1(C)[C@H]3CC[C@H]4C(C)(C)C(=O)CC[C@]4(C)C3=CC[C@@]21C. The number of rotatable bonds is 1. The minimum Gasteiger partial charge on any atom is -0.299 e. The number of fused-ring (bicyclic) bond motifs is 7. The van der Waals surface area contributed by atoms with Crippen LogP contribution in [0.1, 0.15) is 107 Å². The Hall–Kier alpha value is -0.920. The molecule has 2 nitrogen and oxygen atoms in total. The monoisotopic (exact) mass is 438 g/mol. The van der Waals surface area contributed by atoms with Crippen LogP contribution in [0.2, 0.25) is 0 Å². The summed E-state index contributed by atoms with van der Waals surface area (Å²) in [7, 11) is 0. The molecule has 8 atom stereocenters. The van der Waals surface area contributed by atoms with Crippen LogP contribution in [0.5, 0.6) is 0 Å². The first-order valence-corrected chi connectivity index (χ1v) is 13.5. The lowest BCUT2D eigenvalue weighted by Gasteiger charge is -2.68. The maximum absolute atomic E-state index is 13.6. The van der Waals surface area contributed by atoms with Crippen LogP contribution in [-0.4, -0.2) is 11.6 Å². The Morgan fingerprint density at radius 2 is 1.59 bits per heavy atom. The highest BCUT2D eigenvalue weighted by molar-refractivity contribution is 5.87. The van der Waals surface area contributed by atoms with Gasteiger partial charge in [0.2, 0.25) is 0 Å². The maximum atomic E-state index is 13.6. The molecule has 4 saturated carbocycles. The summed E-state index contributed by atoms with van der Waals surface area (Å²) in [6.07, 6.45) is 11.0. The van der Waals surface area contributed by atoms with E-state index in [0.29, 0.717) is 35.2 Å². The summed E-state index contributed by atoms with van der Waals surface area (Å²) in [6.45, 7) is 19.1. The zero-order valence-electron chi connectivity index (χ0n) is 21.9. The summed E-state index contributed by atoms with van der Waals surface area (Å²) in [5, 5.41) is 0. The van der Waals surface area contributed by atoms with Crippen molar-refractivity contribution < 1.29 is 9.59 Å². The Morgan fingerprint density at radius 1 is 0.906 bits per heavy atom. The Balaban J connectivity index is 1.59. The molecule has 0 saturated heterocycles. The molecule has 0 amide bonds. The molecule has 4 fully saturated rings. The molecule has 0 spiro atoms. The van der Waals surface area contributed by atoms with Crippen molar-refractivity contribution in [2.45, 2.75) is 107 Å². The zero-order chi connectivity index (χ0) is 23.5. The molecular formula is C30H46O2. The average molecular weight is 439 g/mol. The Morgan fingerprint density at radius 3 is 2.25 bits per heavy atom. The zero-order valence-corrected chi connectivity index (χ0v) is 21.9. The quantitative estimate of drug-likeness (QED) is 0.399. The van der Waals surface area contributed by atoms with Crippen LogP contribution in [0.25, 0.3) is 0 Å². The van der Waals surface area contributed by atoms with Gasteiger partial charge in [0.1, 0.15) is 11.6 Å². The van der Waals surface area contributed by atoms with E-state index in [4.69, 9.17) is 0 Å². The van der Waals surface area contributed by atoms with Gasteiger partial charge in [-0.25, -0.2) is 0 Å². The molecule has 0 aromatic rings. The fourth-order valence-corrected chi connectivity index (χ4v) is 10.8. The van der Waals surface area contributed by atoms with E-state index in [9.17, 15) is 9.59 Å². The summed E-state index contributed by atoms with van der Waals surface area (Å²) in [5.74, 6) is 3.37. The summed E-state index contributed by atoms with van der Waals surface area (Å²) in [5.41, 5.74) is 2.00. The molecule has 0 aromatic heterocycles. The lowest BCUT2D eigenvalue weighted by molar-refractivity contribution is -0.168. The summed E-state index contributed by atoms with van der Waals surface area (Å²) in [4.78, 5) is 26.5. The number of ketones is 2.